The van der Waals surface area contributed by atoms with Crippen LogP contribution in [0.3, 0.4) is 0 Å². The maximum atomic E-state index is 5.67. The van der Waals surface area contributed by atoms with Crippen molar-refractivity contribution in [1.29, 1.82) is 0 Å². The molecule has 0 bridgehead atoms. The molecule has 0 atom stereocenters. The van der Waals surface area contributed by atoms with Gasteiger partial charge >= 0.3 is 0 Å². The van der Waals surface area contributed by atoms with Crippen LogP contribution in [-0.4, -0.2) is 24.6 Å². The molecule has 0 spiro atoms. The molecule has 0 unspecified atom stereocenters. The minimum Gasteiger partial charge on any atom is -0.489 e. The van der Waals surface area contributed by atoms with Crippen molar-refractivity contribution in [2.24, 2.45) is 4.99 Å². The minimum absolute atomic E-state index is 0. The molecular formula is C18H25IN4OS. The molecular weight excluding hydrogens is 447 g/mol. The van der Waals surface area contributed by atoms with Crippen molar-refractivity contribution >= 4 is 41.3 Å². The van der Waals surface area contributed by atoms with Gasteiger partial charge in [0.1, 0.15) is 17.4 Å². The summed E-state index contributed by atoms with van der Waals surface area (Å²) in [5.74, 6) is 1.59. The summed E-state index contributed by atoms with van der Waals surface area (Å²) < 4.78 is 5.67. The molecule has 136 valence electrons. The highest BCUT2D eigenvalue weighted by molar-refractivity contribution is 14.0. The number of ether oxygens (including phenoxy) is 1. The van der Waals surface area contributed by atoms with Crippen molar-refractivity contribution in [1.82, 2.24) is 15.6 Å². The molecule has 5 nitrogen and oxygen atoms in total. The molecule has 0 aliphatic heterocycles. The van der Waals surface area contributed by atoms with Gasteiger partial charge in [-0.2, -0.15) is 0 Å². The third kappa shape index (κ3) is 7.03. The second-order valence-corrected chi connectivity index (χ2v) is 6.26. The molecule has 2 N–H and O–H groups in total. The van der Waals surface area contributed by atoms with Gasteiger partial charge in [0.25, 0.3) is 0 Å². The van der Waals surface area contributed by atoms with Crippen LogP contribution in [0, 0.1) is 0 Å². The molecule has 0 amide bonds. The van der Waals surface area contributed by atoms with Crippen LogP contribution in [0.5, 0.6) is 5.75 Å². The van der Waals surface area contributed by atoms with Gasteiger partial charge in [-0.3, -0.25) is 4.99 Å². The Labute approximate surface area is 170 Å². The fraction of sp³-hybridized carbons (Fsp3) is 0.333. The van der Waals surface area contributed by atoms with Crippen molar-refractivity contribution in [3.05, 3.63) is 58.6 Å². The SMILES string of the molecule is C=CCOc1ccccc1CNC(=NC)NCc1ncc(CC)s1.I. The molecule has 0 fully saturated rings. The molecule has 0 aliphatic carbocycles. The first-order chi connectivity index (χ1) is 11.8. The van der Waals surface area contributed by atoms with Gasteiger partial charge in [-0.25, -0.2) is 4.98 Å². The van der Waals surface area contributed by atoms with Crippen LogP contribution >= 0.6 is 35.3 Å². The summed E-state index contributed by atoms with van der Waals surface area (Å²) in [6.45, 7) is 7.60. The van der Waals surface area contributed by atoms with Gasteiger partial charge in [-0.05, 0) is 12.5 Å². The summed E-state index contributed by atoms with van der Waals surface area (Å²) in [5.41, 5.74) is 1.07. The average Bonchev–Trinajstić information content (AvgIpc) is 3.09. The Bertz CT molecular complexity index is 687. The van der Waals surface area contributed by atoms with Crippen molar-refractivity contribution in [3.63, 3.8) is 0 Å². The number of nitrogens with zero attached hydrogens (tertiary/aromatic N) is 2. The standard InChI is InChI=1S/C18H24N4OS.HI/c1-4-10-23-16-9-7-6-8-14(16)11-21-18(19-3)22-13-17-20-12-15(5-2)24-17;/h4,6-9,12H,1,5,10-11,13H2,2-3H3,(H2,19,21,22);1H. The maximum Gasteiger partial charge on any atom is 0.191 e. The number of hydrogen-bond acceptors (Lipinski definition) is 4. The number of para-hydroxylation sites is 1. The van der Waals surface area contributed by atoms with Crippen molar-refractivity contribution in [3.8, 4) is 5.75 Å². The summed E-state index contributed by atoms with van der Waals surface area (Å²) >= 11 is 1.73. The highest BCUT2D eigenvalue weighted by atomic mass is 127. The molecule has 1 aromatic carbocycles. The number of halogens is 1. The van der Waals surface area contributed by atoms with E-state index in [4.69, 9.17) is 4.74 Å². The molecule has 7 heteroatoms. The fourth-order valence-corrected chi connectivity index (χ4v) is 2.89. The normalized spacial score (nSPS) is 10.7. The summed E-state index contributed by atoms with van der Waals surface area (Å²) in [7, 11) is 1.76. The van der Waals surface area contributed by atoms with Crippen LogP contribution in [0.4, 0.5) is 0 Å². The molecule has 2 rings (SSSR count). The highest BCUT2D eigenvalue weighted by Gasteiger charge is 2.05. The van der Waals surface area contributed by atoms with Crippen molar-refractivity contribution in [2.75, 3.05) is 13.7 Å². The fourth-order valence-electron chi connectivity index (χ4n) is 2.09. The van der Waals surface area contributed by atoms with Crippen molar-refractivity contribution < 1.29 is 4.74 Å². The Morgan fingerprint density at radius 3 is 2.76 bits per heavy atom. The van der Waals surface area contributed by atoms with Crippen LogP contribution in [0.1, 0.15) is 22.4 Å². The van der Waals surface area contributed by atoms with E-state index in [1.54, 1.807) is 24.5 Å². The molecule has 0 saturated carbocycles. The third-order valence-electron chi connectivity index (χ3n) is 3.36. The van der Waals surface area contributed by atoms with E-state index >= 15 is 0 Å². The lowest BCUT2D eigenvalue weighted by Crippen LogP contribution is -2.36. The lowest BCUT2D eigenvalue weighted by atomic mass is 10.2. The number of nitrogens with one attached hydrogen (secondary N) is 2. The minimum atomic E-state index is 0. The van der Waals surface area contributed by atoms with E-state index in [1.165, 1.54) is 4.88 Å². The molecule has 25 heavy (non-hydrogen) atoms. The Hall–Kier alpha value is -1.61. The molecule has 2 aromatic rings. The zero-order valence-corrected chi connectivity index (χ0v) is 17.8. The lowest BCUT2D eigenvalue weighted by molar-refractivity contribution is 0.358. The van der Waals surface area contributed by atoms with Gasteiger partial charge in [0.15, 0.2) is 5.96 Å². The predicted octanol–water partition coefficient (Wildman–Crippen LogP) is 3.75. The van der Waals surface area contributed by atoms with E-state index in [0.29, 0.717) is 19.7 Å². The second kappa shape index (κ2) is 11.9. The first kappa shape index (κ1) is 21.4. The van der Waals surface area contributed by atoms with Crippen LogP contribution < -0.4 is 15.4 Å². The van der Waals surface area contributed by atoms with Gasteiger partial charge in [0.2, 0.25) is 0 Å². The quantitative estimate of drug-likeness (QED) is 0.266. The second-order valence-electron chi connectivity index (χ2n) is 5.06. The molecule has 1 aromatic heterocycles. The zero-order chi connectivity index (χ0) is 17.2. The van der Waals surface area contributed by atoms with E-state index in [1.807, 2.05) is 30.5 Å². The number of hydrogen-bond donors (Lipinski definition) is 2. The number of aromatic nitrogens is 1. The van der Waals surface area contributed by atoms with E-state index in [2.05, 4.69) is 34.1 Å². The highest BCUT2D eigenvalue weighted by Crippen LogP contribution is 2.17. The number of aryl methyl sites for hydroxylation is 1. The topological polar surface area (TPSA) is 58.5 Å². The van der Waals surface area contributed by atoms with E-state index in [0.717, 1.165) is 28.7 Å². The summed E-state index contributed by atoms with van der Waals surface area (Å²) in [6, 6.07) is 7.95. The van der Waals surface area contributed by atoms with E-state index < -0.39 is 0 Å². The smallest absolute Gasteiger partial charge is 0.191 e. The summed E-state index contributed by atoms with van der Waals surface area (Å²) in [6.07, 6.45) is 4.69. The first-order valence-electron chi connectivity index (χ1n) is 7.96. The van der Waals surface area contributed by atoms with Crippen LogP contribution in [0.25, 0.3) is 0 Å². The van der Waals surface area contributed by atoms with Crippen LogP contribution in [0.2, 0.25) is 0 Å². The number of aliphatic imine (C=N–C) groups is 1. The Morgan fingerprint density at radius 2 is 2.08 bits per heavy atom. The zero-order valence-electron chi connectivity index (χ0n) is 14.6. The molecule has 0 saturated heterocycles. The Balaban J connectivity index is 0.00000312. The molecule has 0 aliphatic rings. The van der Waals surface area contributed by atoms with Crippen LogP contribution in [-0.2, 0) is 19.5 Å². The van der Waals surface area contributed by atoms with Crippen LogP contribution in [0.15, 0.2) is 48.1 Å². The average molecular weight is 472 g/mol. The van der Waals surface area contributed by atoms with Gasteiger partial charge in [0, 0.05) is 30.2 Å². The molecule has 0 radical (unpaired) electrons. The van der Waals surface area contributed by atoms with Gasteiger partial charge < -0.3 is 15.4 Å². The van der Waals surface area contributed by atoms with Crippen molar-refractivity contribution in [2.45, 2.75) is 26.4 Å². The Kier molecular flexibility index (Phi) is 10.2. The van der Waals surface area contributed by atoms with Gasteiger partial charge in [-0.15, -0.1) is 35.3 Å². The largest absolute Gasteiger partial charge is 0.489 e. The summed E-state index contributed by atoms with van der Waals surface area (Å²) in [5, 5.41) is 7.65. The van der Waals surface area contributed by atoms with E-state index in [-0.39, 0.29) is 24.0 Å². The Morgan fingerprint density at radius 1 is 1.32 bits per heavy atom. The molecule has 1 heterocycles. The monoisotopic (exact) mass is 472 g/mol. The number of rotatable bonds is 8. The number of guanidine groups is 1. The lowest BCUT2D eigenvalue weighted by Gasteiger charge is -2.13. The number of thiazole rings is 1. The first-order valence-corrected chi connectivity index (χ1v) is 8.78. The maximum absolute atomic E-state index is 5.67. The predicted molar refractivity (Wildman–Crippen MR) is 116 cm³/mol. The summed E-state index contributed by atoms with van der Waals surface area (Å²) in [4.78, 5) is 9.95. The van der Waals surface area contributed by atoms with E-state index in [9.17, 15) is 0 Å². The van der Waals surface area contributed by atoms with Gasteiger partial charge in [-0.1, -0.05) is 37.8 Å². The third-order valence-corrected chi connectivity index (χ3v) is 4.50. The number of benzene rings is 1. The van der Waals surface area contributed by atoms with Gasteiger partial charge in [0.05, 0.1) is 6.54 Å².